The molecule has 2 amide bonds. The largest absolute Gasteiger partial charge is 0.354 e. The summed E-state index contributed by atoms with van der Waals surface area (Å²) in [4.78, 5) is 34.4. The second-order valence-electron chi connectivity index (χ2n) is 8.46. The molecule has 4 rings (SSSR count). The van der Waals surface area contributed by atoms with E-state index < -0.39 is 0 Å². The Morgan fingerprint density at radius 3 is 2.55 bits per heavy atom. The van der Waals surface area contributed by atoms with Gasteiger partial charge in [-0.2, -0.15) is 0 Å². The van der Waals surface area contributed by atoms with E-state index in [0.717, 1.165) is 24.1 Å². The van der Waals surface area contributed by atoms with Crippen LogP contribution in [0.1, 0.15) is 40.5 Å². The van der Waals surface area contributed by atoms with Crippen molar-refractivity contribution >= 4 is 11.8 Å². The van der Waals surface area contributed by atoms with Gasteiger partial charge in [0.25, 0.3) is 5.91 Å². The molecule has 33 heavy (non-hydrogen) atoms. The van der Waals surface area contributed by atoms with E-state index in [2.05, 4.69) is 27.3 Å². The van der Waals surface area contributed by atoms with E-state index >= 15 is 0 Å². The standard InChI is InChI=1S/C26H31N5O2/c1-29-15-5-9-23(29)26(33)30-16-6-17-31(20-21-10-12-27-13-11-21)24(19-25(32)28-14-18-30)22-7-3-2-4-8-22/h2-5,7-13,15,24H,6,14,16-20H2,1H3,(H,28,32). The van der Waals surface area contributed by atoms with Crippen LogP contribution >= 0.6 is 0 Å². The predicted octanol–water partition coefficient (Wildman–Crippen LogP) is 3.02. The third-order valence-corrected chi connectivity index (χ3v) is 6.17. The van der Waals surface area contributed by atoms with Gasteiger partial charge in [0, 0.05) is 70.8 Å². The van der Waals surface area contributed by atoms with Crippen LogP contribution in [0.2, 0.25) is 0 Å². The Morgan fingerprint density at radius 2 is 1.82 bits per heavy atom. The van der Waals surface area contributed by atoms with Crippen molar-refractivity contribution in [2.75, 3.05) is 26.2 Å². The van der Waals surface area contributed by atoms with Crippen molar-refractivity contribution in [1.29, 1.82) is 0 Å². The summed E-state index contributed by atoms with van der Waals surface area (Å²) in [5, 5.41) is 3.03. The Labute approximate surface area is 195 Å². The Bertz CT molecular complexity index is 1050. The van der Waals surface area contributed by atoms with Gasteiger partial charge in [-0.3, -0.25) is 19.5 Å². The van der Waals surface area contributed by atoms with E-state index in [1.54, 1.807) is 12.4 Å². The van der Waals surface area contributed by atoms with E-state index in [1.807, 2.05) is 65.2 Å². The van der Waals surface area contributed by atoms with Gasteiger partial charge in [0.15, 0.2) is 0 Å². The average Bonchev–Trinajstić information content (AvgIpc) is 3.26. The number of carbonyl (C=O) groups is 2. The maximum absolute atomic E-state index is 13.1. The Morgan fingerprint density at radius 1 is 1.03 bits per heavy atom. The molecular weight excluding hydrogens is 414 g/mol. The van der Waals surface area contributed by atoms with Crippen LogP contribution in [-0.2, 0) is 18.4 Å². The van der Waals surface area contributed by atoms with Crippen molar-refractivity contribution in [2.45, 2.75) is 25.4 Å². The normalized spacial score (nSPS) is 18.4. The van der Waals surface area contributed by atoms with E-state index in [-0.39, 0.29) is 17.9 Å². The molecule has 1 fully saturated rings. The van der Waals surface area contributed by atoms with Crippen molar-refractivity contribution in [3.8, 4) is 0 Å². The van der Waals surface area contributed by atoms with Crippen LogP contribution in [0.15, 0.2) is 73.2 Å². The summed E-state index contributed by atoms with van der Waals surface area (Å²) in [6.07, 6.45) is 6.67. The van der Waals surface area contributed by atoms with Crippen molar-refractivity contribution in [2.24, 2.45) is 7.05 Å². The molecule has 3 aromatic rings. The summed E-state index contributed by atoms with van der Waals surface area (Å²) >= 11 is 0. The van der Waals surface area contributed by atoms with E-state index in [0.29, 0.717) is 38.3 Å². The van der Waals surface area contributed by atoms with Crippen LogP contribution in [0.3, 0.4) is 0 Å². The van der Waals surface area contributed by atoms with Crippen LogP contribution in [0.25, 0.3) is 0 Å². The zero-order valence-electron chi connectivity index (χ0n) is 19.1. The molecule has 1 aliphatic rings. The minimum Gasteiger partial charge on any atom is -0.354 e. The zero-order valence-corrected chi connectivity index (χ0v) is 19.1. The first-order valence-electron chi connectivity index (χ1n) is 11.5. The lowest BCUT2D eigenvalue weighted by Crippen LogP contribution is -2.39. The van der Waals surface area contributed by atoms with Crippen molar-refractivity contribution in [3.63, 3.8) is 0 Å². The molecule has 1 aromatic carbocycles. The molecule has 1 N–H and O–H groups in total. The minimum atomic E-state index is -0.0468. The Balaban J connectivity index is 1.58. The first-order chi connectivity index (χ1) is 16.1. The van der Waals surface area contributed by atoms with Crippen LogP contribution in [0.5, 0.6) is 0 Å². The number of rotatable bonds is 4. The fourth-order valence-corrected chi connectivity index (χ4v) is 4.40. The Hall–Kier alpha value is -3.45. The maximum Gasteiger partial charge on any atom is 0.270 e. The van der Waals surface area contributed by atoms with Crippen molar-refractivity contribution < 1.29 is 9.59 Å². The SMILES string of the molecule is Cn1cccc1C(=O)N1CCCN(Cc2ccncc2)C(c2ccccc2)CC(=O)NCC1. The van der Waals surface area contributed by atoms with E-state index in [4.69, 9.17) is 0 Å². The molecule has 1 atom stereocenters. The summed E-state index contributed by atoms with van der Waals surface area (Å²) in [5.74, 6) is -0.00645. The third-order valence-electron chi connectivity index (χ3n) is 6.17. The number of benzene rings is 1. The van der Waals surface area contributed by atoms with Gasteiger partial charge in [0.1, 0.15) is 5.69 Å². The van der Waals surface area contributed by atoms with Crippen LogP contribution in [-0.4, -0.2) is 57.3 Å². The summed E-state index contributed by atoms with van der Waals surface area (Å²) < 4.78 is 1.84. The number of amides is 2. The second-order valence-corrected chi connectivity index (χ2v) is 8.46. The first-order valence-corrected chi connectivity index (χ1v) is 11.5. The van der Waals surface area contributed by atoms with Gasteiger partial charge in [-0.1, -0.05) is 30.3 Å². The van der Waals surface area contributed by atoms with Gasteiger partial charge in [-0.05, 0) is 41.8 Å². The monoisotopic (exact) mass is 445 g/mol. The highest BCUT2D eigenvalue weighted by atomic mass is 16.2. The van der Waals surface area contributed by atoms with Gasteiger partial charge in [-0.15, -0.1) is 0 Å². The molecule has 3 heterocycles. The van der Waals surface area contributed by atoms with Crippen molar-refractivity contribution in [3.05, 3.63) is 90.0 Å². The minimum absolute atomic E-state index is 0.00301. The molecule has 0 radical (unpaired) electrons. The topological polar surface area (TPSA) is 70.5 Å². The lowest BCUT2D eigenvalue weighted by molar-refractivity contribution is -0.122. The third kappa shape index (κ3) is 5.87. The number of aromatic nitrogens is 2. The molecule has 1 saturated heterocycles. The Kier molecular flexibility index (Phi) is 7.52. The number of carbonyl (C=O) groups excluding carboxylic acids is 2. The number of nitrogens with zero attached hydrogens (tertiary/aromatic N) is 4. The zero-order chi connectivity index (χ0) is 23.0. The van der Waals surface area contributed by atoms with Crippen LogP contribution < -0.4 is 5.32 Å². The number of aryl methyl sites for hydroxylation is 1. The molecule has 7 heteroatoms. The lowest BCUT2D eigenvalue weighted by atomic mass is 10.00. The van der Waals surface area contributed by atoms with Gasteiger partial charge in [-0.25, -0.2) is 0 Å². The average molecular weight is 446 g/mol. The summed E-state index contributed by atoms with van der Waals surface area (Å²) in [5.41, 5.74) is 2.93. The quantitative estimate of drug-likeness (QED) is 0.670. The fourth-order valence-electron chi connectivity index (χ4n) is 4.40. The molecule has 2 aromatic heterocycles. The number of hydrogen-bond acceptors (Lipinski definition) is 4. The molecule has 1 unspecified atom stereocenters. The highest BCUT2D eigenvalue weighted by molar-refractivity contribution is 5.92. The van der Waals surface area contributed by atoms with Gasteiger partial charge >= 0.3 is 0 Å². The number of nitrogens with one attached hydrogen (secondary N) is 1. The molecule has 7 nitrogen and oxygen atoms in total. The van der Waals surface area contributed by atoms with Gasteiger partial charge in [0.2, 0.25) is 5.91 Å². The van der Waals surface area contributed by atoms with E-state index in [1.165, 1.54) is 0 Å². The highest BCUT2D eigenvalue weighted by Gasteiger charge is 2.26. The van der Waals surface area contributed by atoms with Gasteiger partial charge < -0.3 is 14.8 Å². The van der Waals surface area contributed by atoms with Crippen molar-refractivity contribution in [1.82, 2.24) is 24.7 Å². The maximum atomic E-state index is 13.1. The molecule has 1 aliphatic heterocycles. The summed E-state index contributed by atoms with van der Waals surface area (Å²) in [7, 11) is 1.88. The van der Waals surface area contributed by atoms with Crippen LogP contribution in [0, 0.1) is 0 Å². The highest BCUT2D eigenvalue weighted by Crippen LogP contribution is 2.27. The number of pyridine rings is 1. The molecule has 172 valence electrons. The number of hydrogen-bond donors (Lipinski definition) is 1. The predicted molar refractivity (Wildman–Crippen MR) is 127 cm³/mol. The van der Waals surface area contributed by atoms with Gasteiger partial charge in [0.05, 0.1) is 0 Å². The second kappa shape index (κ2) is 10.9. The van der Waals surface area contributed by atoms with Crippen LogP contribution in [0.4, 0.5) is 0 Å². The fraction of sp³-hybridized carbons (Fsp3) is 0.346. The van der Waals surface area contributed by atoms with E-state index in [9.17, 15) is 9.59 Å². The first kappa shape index (κ1) is 22.7. The molecule has 0 bridgehead atoms. The summed E-state index contributed by atoms with van der Waals surface area (Å²) in [6, 6.07) is 17.9. The lowest BCUT2D eigenvalue weighted by Gasteiger charge is -2.32. The molecule has 0 aliphatic carbocycles. The molecule has 0 spiro atoms. The summed E-state index contributed by atoms with van der Waals surface area (Å²) in [6.45, 7) is 3.05. The molecular formula is C26H31N5O2. The smallest absolute Gasteiger partial charge is 0.270 e. The molecule has 0 saturated carbocycles.